The van der Waals surface area contributed by atoms with Crippen molar-refractivity contribution in [2.75, 3.05) is 6.67 Å². The quantitative estimate of drug-likeness (QED) is 0.533. The van der Waals surface area contributed by atoms with Gasteiger partial charge in [0, 0.05) is 0 Å². The number of alkyl halides is 3. The molecule has 1 radical (unpaired) electrons. The van der Waals surface area contributed by atoms with E-state index >= 15 is 0 Å². The van der Waals surface area contributed by atoms with Gasteiger partial charge in [0.1, 0.15) is 12.8 Å². The summed E-state index contributed by atoms with van der Waals surface area (Å²) in [5.74, 6) is 0. The molecule has 0 bridgehead atoms. The minimum Gasteiger partial charge on any atom is -0.248 e. The zero-order chi connectivity index (χ0) is 8.69. The van der Waals surface area contributed by atoms with Crippen molar-refractivity contribution in [2.24, 2.45) is 0 Å². The van der Waals surface area contributed by atoms with Crippen molar-refractivity contribution in [1.29, 1.82) is 0 Å². The fraction of sp³-hybridized carbons (Fsp3) is 0.875. The third-order valence-corrected chi connectivity index (χ3v) is 1.52. The number of hydrogen-bond acceptors (Lipinski definition) is 0. The van der Waals surface area contributed by atoms with Crippen LogP contribution in [0.25, 0.3) is 0 Å². The zero-order valence-corrected chi connectivity index (χ0v) is 6.53. The highest BCUT2D eigenvalue weighted by Crippen LogP contribution is 2.13. The Morgan fingerprint density at radius 2 is 1.73 bits per heavy atom. The molecule has 0 aliphatic carbocycles. The monoisotopic (exact) mass is 167 g/mol. The highest BCUT2D eigenvalue weighted by molar-refractivity contribution is 4.66. The van der Waals surface area contributed by atoms with E-state index in [2.05, 4.69) is 6.92 Å². The Morgan fingerprint density at radius 1 is 1.09 bits per heavy atom. The van der Waals surface area contributed by atoms with Crippen LogP contribution in [0.5, 0.6) is 0 Å². The lowest BCUT2D eigenvalue weighted by Gasteiger charge is -2.08. The van der Waals surface area contributed by atoms with E-state index < -0.39 is 19.0 Å². The summed E-state index contributed by atoms with van der Waals surface area (Å²) in [6.45, 7) is 2.34. The molecule has 0 aliphatic heterocycles. The molecule has 0 aliphatic rings. The predicted molar refractivity (Wildman–Crippen MR) is 39.6 cm³/mol. The lowest BCUT2D eigenvalue weighted by atomic mass is 10.1. The van der Waals surface area contributed by atoms with Gasteiger partial charge >= 0.3 is 0 Å². The Balaban J connectivity index is 3.28. The van der Waals surface area contributed by atoms with Crippen molar-refractivity contribution in [3.8, 4) is 0 Å². The standard InChI is InChI=1S/C8H14F3/c1-2-3-4-5-7(10)8(11)6-9/h7-8H,1-6H2. The molecule has 0 saturated carbocycles. The van der Waals surface area contributed by atoms with E-state index in [1.165, 1.54) is 0 Å². The Kier molecular flexibility index (Phi) is 6.37. The highest BCUT2D eigenvalue weighted by atomic mass is 19.2. The topological polar surface area (TPSA) is 0 Å². The Hall–Kier alpha value is -0.210. The summed E-state index contributed by atoms with van der Waals surface area (Å²) in [6.07, 6.45) is -1.36. The third kappa shape index (κ3) is 5.10. The summed E-state index contributed by atoms with van der Waals surface area (Å²) < 4.78 is 36.2. The fourth-order valence-corrected chi connectivity index (χ4v) is 0.794. The Morgan fingerprint density at radius 3 is 2.18 bits per heavy atom. The summed E-state index contributed by atoms with van der Waals surface area (Å²) in [5, 5.41) is 0. The van der Waals surface area contributed by atoms with Crippen LogP contribution in [-0.2, 0) is 0 Å². The molecule has 0 aromatic rings. The normalized spacial score (nSPS) is 16.4. The van der Waals surface area contributed by atoms with Gasteiger partial charge in [-0.2, -0.15) is 0 Å². The van der Waals surface area contributed by atoms with Gasteiger partial charge in [0.05, 0.1) is 0 Å². The van der Waals surface area contributed by atoms with Crippen molar-refractivity contribution < 1.29 is 13.2 Å². The predicted octanol–water partition coefficient (Wildman–Crippen LogP) is 3.03. The van der Waals surface area contributed by atoms with E-state index in [4.69, 9.17) is 0 Å². The molecule has 67 valence electrons. The summed E-state index contributed by atoms with van der Waals surface area (Å²) >= 11 is 0. The van der Waals surface area contributed by atoms with Gasteiger partial charge in [0.15, 0.2) is 6.17 Å². The van der Waals surface area contributed by atoms with E-state index in [9.17, 15) is 13.2 Å². The lowest BCUT2D eigenvalue weighted by molar-refractivity contribution is 0.128. The first-order chi connectivity index (χ1) is 5.22. The van der Waals surface area contributed by atoms with Crippen molar-refractivity contribution >= 4 is 0 Å². The van der Waals surface area contributed by atoms with Crippen LogP contribution in [0.15, 0.2) is 0 Å². The molecule has 0 amide bonds. The summed E-state index contributed by atoms with van der Waals surface area (Å²) in [5.41, 5.74) is 0. The van der Waals surface area contributed by atoms with Crippen LogP contribution in [0.2, 0.25) is 0 Å². The molecule has 2 unspecified atom stereocenters. The summed E-state index contributed by atoms with van der Waals surface area (Å²) in [6, 6.07) is 0. The number of halogens is 3. The first-order valence-electron chi connectivity index (χ1n) is 3.85. The van der Waals surface area contributed by atoms with Gasteiger partial charge in [0.2, 0.25) is 0 Å². The fourth-order valence-electron chi connectivity index (χ4n) is 0.794. The van der Waals surface area contributed by atoms with Crippen molar-refractivity contribution in [3.05, 3.63) is 6.92 Å². The van der Waals surface area contributed by atoms with Crippen LogP contribution in [0, 0.1) is 6.92 Å². The summed E-state index contributed by atoms with van der Waals surface area (Å²) in [7, 11) is 0. The van der Waals surface area contributed by atoms with Crippen LogP contribution in [0.1, 0.15) is 25.7 Å². The van der Waals surface area contributed by atoms with Gasteiger partial charge in [0.25, 0.3) is 0 Å². The van der Waals surface area contributed by atoms with Crippen molar-refractivity contribution in [2.45, 2.75) is 38.0 Å². The number of unbranched alkanes of at least 4 members (excludes halogenated alkanes) is 2. The van der Waals surface area contributed by atoms with E-state index in [1.807, 2.05) is 0 Å². The Labute approximate surface area is 65.8 Å². The molecule has 0 saturated heterocycles. The first kappa shape index (κ1) is 10.8. The van der Waals surface area contributed by atoms with Crippen LogP contribution in [-0.4, -0.2) is 19.0 Å². The minimum absolute atomic E-state index is 0.112. The smallest absolute Gasteiger partial charge is 0.159 e. The molecule has 3 heteroatoms. The SMILES string of the molecule is [CH2]CCCCC(F)C(F)CF. The van der Waals surface area contributed by atoms with Gasteiger partial charge in [-0.1, -0.05) is 26.2 Å². The van der Waals surface area contributed by atoms with E-state index in [0.717, 1.165) is 12.8 Å². The first-order valence-corrected chi connectivity index (χ1v) is 3.85. The molecule has 0 rings (SSSR count). The van der Waals surface area contributed by atoms with E-state index in [0.29, 0.717) is 6.42 Å². The molecule has 0 spiro atoms. The van der Waals surface area contributed by atoms with Gasteiger partial charge in [-0.3, -0.25) is 0 Å². The number of hydrogen-bond donors (Lipinski definition) is 0. The maximum Gasteiger partial charge on any atom is 0.159 e. The van der Waals surface area contributed by atoms with Gasteiger partial charge in [-0.05, 0) is 6.42 Å². The second-order valence-corrected chi connectivity index (χ2v) is 2.54. The van der Waals surface area contributed by atoms with Crippen LogP contribution in [0.4, 0.5) is 13.2 Å². The molecule has 2 atom stereocenters. The van der Waals surface area contributed by atoms with Crippen LogP contribution >= 0.6 is 0 Å². The van der Waals surface area contributed by atoms with Crippen molar-refractivity contribution in [1.82, 2.24) is 0 Å². The molecule has 0 aromatic carbocycles. The summed E-state index contributed by atoms with van der Waals surface area (Å²) in [4.78, 5) is 0. The lowest BCUT2D eigenvalue weighted by Crippen LogP contribution is -2.18. The largest absolute Gasteiger partial charge is 0.248 e. The second-order valence-electron chi connectivity index (χ2n) is 2.54. The van der Waals surface area contributed by atoms with Crippen LogP contribution < -0.4 is 0 Å². The molecule has 0 aromatic heterocycles. The minimum atomic E-state index is -1.93. The van der Waals surface area contributed by atoms with E-state index in [1.54, 1.807) is 0 Å². The second kappa shape index (κ2) is 6.50. The van der Waals surface area contributed by atoms with Gasteiger partial charge < -0.3 is 0 Å². The highest BCUT2D eigenvalue weighted by Gasteiger charge is 2.18. The average Bonchev–Trinajstić information content (AvgIpc) is 2.03. The molecular weight excluding hydrogens is 153 g/mol. The van der Waals surface area contributed by atoms with Gasteiger partial charge in [-0.25, -0.2) is 13.2 Å². The number of rotatable bonds is 6. The van der Waals surface area contributed by atoms with Crippen LogP contribution in [0.3, 0.4) is 0 Å². The molecule has 0 fully saturated rings. The van der Waals surface area contributed by atoms with Crippen molar-refractivity contribution in [3.63, 3.8) is 0 Å². The van der Waals surface area contributed by atoms with Gasteiger partial charge in [-0.15, -0.1) is 0 Å². The molecule has 0 heterocycles. The van der Waals surface area contributed by atoms with E-state index in [-0.39, 0.29) is 6.42 Å². The Bertz CT molecular complexity index is 85.4. The average molecular weight is 167 g/mol. The molecular formula is C8H14F3. The zero-order valence-electron chi connectivity index (χ0n) is 6.53. The molecule has 11 heavy (non-hydrogen) atoms. The molecule has 0 nitrogen and oxygen atoms in total. The maximum absolute atomic E-state index is 12.5. The molecule has 0 N–H and O–H groups in total. The maximum atomic E-state index is 12.5. The third-order valence-electron chi connectivity index (χ3n) is 1.52.